The third-order valence-corrected chi connectivity index (χ3v) is 4.96. The largest absolute Gasteiger partial charge is 0.396 e. The number of fused-ring (bicyclic) bond motifs is 1. The van der Waals surface area contributed by atoms with Crippen LogP contribution in [0.15, 0.2) is 24.3 Å². The molecule has 3 rings (SSSR count). The first-order valence-electron chi connectivity index (χ1n) is 7.10. The Balaban J connectivity index is 1.73. The molecule has 1 saturated carbocycles. The molecule has 0 amide bonds. The number of aliphatic hydroxyl groups excluding tert-OH is 1. The summed E-state index contributed by atoms with van der Waals surface area (Å²) in [5, 5.41) is 10.2. The van der Waals surface area contributed by atoms with Gasteiger partial charge in [0, 0.05) is 12.7 Å². The summed E-state index contributed by atoms with van der Waals surface area (Å²) >= 11 is 1.59. The lowest BCUT2D eigenvalue weighted by atomic mass is 9.82. The van der Waals surface area contributed by atoms with E-state index in [1.54, 1.807) is 17.4 Å². The van der Waals surface area contributed by atoms with Gasteiger partial charge in [-0.3, -0.25) is 0 Å². The van der Waals surface area contributed by atoms with Crippen LogP contribution in [0.4, 0.5) is 4.39 Å². The van der Waals surface area contributed by atoms with Crippen LogP contribution in [0.25, 0.3) is 16.3 Å². The minimum Gasteiger partial charge on any atom is -0.396 e. The van der Waals surface area contributed by atoms with Crippen molar-refractivity contribution in [3.63, 3.8) is 0 Å². The molecule has 1 aromatic heterocycles. The highest BCUT2D eigenvalue weighted by molar-refractivity contribution is 7.19. The molecule has 1 N–H and O–H groups in total. The van der Waals surface area contributed by atoms with Gasteiger partial charge in [-0.05, 0) is 49.3 Å². The van der Waals surface area contributed by atoms with Crippen molar-refractivity contribution in [1.82, 2.24) is 4.98 Å². The Hall–Kier alpha value is -1.26. The summed E-state index contributed by atoms with van der Waals surface area (Å²) in [6, 6.07) is 4.73. The molecular weight excluding hydrogens is 273 g/mol. The summed E-state index contributed by atoms with van der Waals surface area (Å²) in [6.45, 7) is 0.296. The number of benzene rings is 1. The van der Waals surface area contributed by atoms with Gasteiger partial charge in [0.25, 0.3) is 0 Å². The Labute approximate surface area is 122 Å². The lowest BCUT2D eigenvalue weighted by Gasteiger charge is -2.25. The minimum atomic E-state index is -0.239. The monoisotopic (exact) mass is 291 g/mol. The Kier molecular flexibility index (Phi) is 4.13. The van der Waals surface area contributed by atoms with E-state index in [1.807, 2.05) is 6.08 Å². The third kappa shape index (κ3) is 3.07. The van der Waals surface area contributed by atoms with Gasteiger partial charge in [0.2, 0.25) is 0 Å². The van der Waals surface area contributed by atoms with Gasteiger partial charge in [-0.25, -0.2) is 9.37 Å². The van der Waals surface area contributed by atoms with E-state index in [4.69, 9.17) is 0 Å². The molecule has 2 atom stereocenters. The number of hydrogen-bond donors (Lipinski definition) is 1. The summed E-state index contributed by atoms with van der Waals surface area (Å²) in [7, 11) is 0. The molecule has 1 heterocycles. The van der Waals surface area contributed by atoms with Crippen molar-refractivity contribution in [2.75, 3.05) is 6.61 Å². The quantitative estimate of drug-likeness (QED) is 0.917. The zero-order valence-electron chi connectivity index (χ0n) is 11.3. The van der Waals surface area contributed by atoms with E-state index in [1.165, 1.54) is 25.0 Å². The van der Waals surface area contributed by atoms with E-state index in [0.29, 0.717) is 18.4 Å². The molecular formula is C16H18FNOS. The molecule has 2 unspecified atom stereocenters. The van der Waals surface area contributed by atoms with Crippen LogP contribution in [0.2, 0.25) is 0 Å². The number of thiazole rings is 1. The van der Waals surface area contributed by atoms with Crippen molar-refractivity contribution in [1.29, 1.82) is 0 Å². The van der Waals surface area contributed by atoms with Crippen molar-refractivity contribution < 1.29 is 9.50 Å². The second-order valence-electron chi connectivity index (χ2n) is 5.50. The summed E-state index contributed by atoms with van der Waals surface area (Å²) in [4.78, 5) is 4.44. The van der Waals surface area contributed by atoms with E-state index >= 15 is 0 Å². The minimum absolute atomic E-state index is 0.239. The Bertz CT molecular complexity index is 622. The molecule has 0 aliphatic heterocycles. The van der Waals surface area contributed by atoms with Gasteiger partial charge in [0.15, 0.2) is 0 Å². The molecule has 0 spiro atoms. The number of rotatable bonds is 3. The first-order valence-corrected chi connectivity index (χ1v) is 7.91. The maximum atomic E-state index is 13.1. The van der Waals surface area contributed by atoms with E-state index in [0.717, 1.165) is 28.1 Å². The predicted octanol–water partition coefficient (Wildman–Crippen LogP) is 4.25. The Morgan fingerprint density at radius 1 is 1.40 bits per heavy atom. The van der Waals surface area contributed by atoms with Crippen LogP contribution in [-0.4, -0.2) is 16.7 Å². The Morgan fingerprint density at radius 3 is 3.15 bits per heavy atom. The molecule has 0 bridgehead atoms. The average molecular weight is 291 g/mol. The zero-order chi connectivity index (χ0) is 13.9. The highest BCUT2D eigenvalue weighted by Gasteiger charge is 2.19. The van der Waals surface area contributed by atoms with Gasteiger partial charge in [0.1, 0.15) is 10.8 Å². The maximum Gasteiger partial charge on any atom is 0.125 e. The molecule has 1 aliphatic rings. The fraction of sp³-hybridized carbons (Fsp3) is 0.438. The molecule has 1 aliphatic carbocycles. The van der Waals surface area contributed by atoms with Crippen LogP contribution in [0.3, 0.4) is 0 Å². The van der Waals surface area contributed by atoms with Gasteiger partial charge in [0.05, 0.1) is 10.2 Å². The lowest BCUT2D eigenvalue weighted by Crippen LogP contribution is -2.16. The topological polar surface area (TPSA) is 33.1 Å². The smallest absolute Gasteiger partial charge is 0.125 e. The summed E-state index contributed by atoms with van der Waals surface area (Å²) in [6.07, 6.45) is 8.83. The zero-order valence-corrected chi connectivity index (χ0v) is 12.1. The molecule has 20 heavy (non-hydrogen) atoms. The Morgan fingerprint density at radius 2 is 2.30 bits per heavy atom. The first kappa shape index (κ1) is 13.7. The second-order valence-corrected chi connectivity index (χ2v) is 6.56. The summed E-state index contributed by atoms with van der Waals surface area (Å²) < 4.78 is 14.1. The number of aromatic nitrogens is 1. The van der Waals surface area contributed by atoms with Crippen molar-refractivity contribution >= 4 is 27.6 Å². The lowest BCUT2D eigenvalue weighted by molar-refractivity contribution is 0.174. The predicted molar refractivity (Wildman–Crippen MR) is 81.1 cm³/mol. The molecule has 2 nitrogen and oxygen atoms in total. The van der Waals surface area contributed by atoms with Crippen LogP contribution in [0.5, 0.6) is 0 Å². The van der Waals surface area contributed by atoms with Crippen LogP contribution in [0, 0.1) is 17.7 Å². The van der Waals surface area contributed by atoms with E-state index in [-0.39, 0.29) is 5.82 Å². The maximum absolute atomic E-state index is 13.1. The second kappa shape index (κ2) is 6.02. The number of allylic oxidation sites excluding steroid dienone is 1. The van der Waals surface area contributed by atoms with E-state index < -0.39 is 0 Å². The van der Waals surface area contributed by atoms with Gasteiger partial charge in [-0.2, -0.15) is 0 Å². The van der Waals surface area contributed by atoms with Gasteiger partial charge >= 0.3 is 0 Å². The highest BCUT2D eigenvalue weighted by atomic mass is 32.1. The molecule has 0 radical (unpaired) electrons. The van der Waals surface area contributed by atoms with E-state index in [9.17, 15) is 9.50 Å². The number of halogens is 1. The normalized spacial score (nSPS) is 23.7. The number of nitrogens with zero attached hydrogens (tertiary/aromatic N) is 1. The average Bonchev–Trinajstić information content (AvgIpc) is 2.87. The van der Waals surface area contributed by atoms with Crippen LogP contribution < -0.4 is 0 Å². The molecule has 1 fully saturated rings. The molecule has 2 aromatic rings. The van der Waals surface area contributed by atoms with E-state index in [2.05, 4.69) is 11.1 Å². The van der Waals surface area contributed by atoms with Crippen LogP contribution in [-0.2, 0) is 0 Å². The molecule has 1 aromatic carbocycles. The standard InChI is InChI=1S/C16H18FNOS/c17-13-5-6-15-14(9-13)18-16(20-15)7-4-11-2-1-3-12(8-11)10-19/h4-7,9,11-12,19H,1-3,8,10H2. The van der Waals surface area contributed by atoms with Crippen molar-refractivity contribution in [3.05, 3.63) is 35.1 Å². The summed E-state index contributed by atoms with van der Waals surface area (Å²) in [5.74, 6) is 0.740. The molecule has 0 saturated heterocycles. The number of hydrogen-bond acceptors (Lipinski definition) is 3. The fourth-order valence-corrected chi connectivity index (χ4v) is 3.74. The van der Waals surface area contributed by atoms with Crippen molar-refractivity contribution in [3.8, 4) is 0 Å². The van der Waals surface area contributed by atoms with Crippen LogP contribution >= 0.6 is 11.3 Å². The first-order chi connectivity index (χ1) is 9.74. The summed E-state index contributed by atoms with van der Waals surface area (Å²) in [5.41, 5.74) is 0.728. The molecule has 106 valence electrons. The van der Waals surface area contributed by atoms with Crippen molar-refractivity contribution in [2.24, 2.45) is 11.8 Å². The highest BCUT2D eigenvalue weighted by Crippen LogP contribution is 2.31. The fourth-order valence-electron chi connectivity index (χ4n) is 2.88. The number of aliphatic hydroxyl groups is 1. The molecule has 4 heteroatoms. The van der Waals surface area contributed by atoms with Crippen molar-refractivity contribution in [2.45, 2.75) is 25.7 Å². The SMILES string of the molecule is OCC1CCCC(C=Cc2nc3cc(F)ccc3s2)C1. The van der Waals surface area contributed by atoms with Gasteiger partial charge in [-0.1, -0.05) is 12.5 Å². The third-order valence-electron chi connectivity index (χ3n) is 3.96. The van der Waals surface area contributed by atoms with Crippen LogP contribution in [0.1, 0.15) is 30.7 Å². The van der Waals surface area contributed by atoms with Gasteiger partial charge in [-0.15, -0.1) is 11.3 Å². The van der Waals surface area contributed by atoms with Gasteiger partial charge < -0.3 is 5.11 Å².